The molecule has 6 nitrogen and oxygen atoms in total. The van der Waals surface area contributed by atoms with E-state index in [-0.39, 0.29) is 11.9 Å². The summed E-state index contributed by atoms with van der Waals surface area (Å²) in [4.78, 5) is 11.6. The lowest BCUT2D eigenvalue weighted by Crippen LogP contribution is -2.45. The summed E-state index contributed by atoms with van der Waals surface area (Å²) in [6, 6.07) is 0.289. The van der Waals surface area contributed by atoms with Crippen LogP contribution in [0.25, 0.3) is 0 Å². The molecule has 1 aromatic rings. The monoisotopic (exact) mass is 223 g/mol. The van der Waals surface area contributed by atoms with Crippen LogP contribution in [-0.4, -0.2) is 40.0 Å². The van der Waals surface area contributed by atoms with Crippen LogP contribution < -0.4 is 10.6 Å². The Bertz CT molecular complexity index is 318. The zero-order chi connectivity index (χ0) is 11.2. The first-order chi connectivity index (χ1) is 7.84. The second-order valence-electron chi connectivity index (χ2n) is 4.03. The highest BCUT2D eigenvalue weighted by molar-refractivity contribution is 5.76. The van der Waals surface area contributed by atoms with Gasteiger partial charge in [-0.3, -0.25) is 9.48 Å². The van der Waals surface area contributed by atoms with Gasteiger partial charge < -0.3 is 10.6 Å². The Morgan fingerprint density at radius 2 is 2.56 bits per heavy atom. The van der Waals surface area contributed by atoms with Gasteiger partial charge in [0.25, 0.3) is 0 Å². The van der Waals surface area contributed by atoms with Gasteiger partial charge in [0.05, 0.1) is 12.7 Å². The molecule has 1 saturated heterocycles. The normalized spacial score (nSPS) is 20.6. The molecule has 1 aliphatic rings. The lowest BCUT2D eigenvalue weighted by Gasteiger charge is -2.23. The number of rotatable bonds is 4. The summed E-state index contributed by atoms with van der Waals surface area (Å²) in [6.45, 7) is 2.53. The van der Waals surface area contributed by atoms with E-state index < -0.39 is 0 Å². The van der Waals surface area contributed by atoms with Crippen LogP contribution in [0.5, 0.6) is 0 Å². The summed E-state index contributed by atoms with van der Waals surface area (Å²) < 4.78 is 1.67. The smallest absolute Gasteiger partial charge is 0.222 e. The molecule has 0 radical (unpaired) electrons. The van der Waals surface area contributed by atoms with Gasteiger partial charge in [-0.05, 0) is 19.4 Å². The first kappa shape index (κ1) is 11.1. The van der Waals surface area contributed by atoms with Crippen molar-refractivity contribution in [2.75, 3.05) is 13.1 Å². The lowest BCUT2D eigenvalue weighted by molar-refractivity contribution is -0.122. The number of hydrogen-bond donors (Lipinski definition) is 2. The molecule has 0 bridgehead atoms. The summed E-state index contributed by atoms with van der Waals surface area (Å²) in [5, 5.41) is 13.8. The van der Waals surface area contributed by atoms with E-state index in [1.807, 2.05) is 0 Å². The van der Waals surface area contributed by atoms with Gasteiger partial charge in [0, 0.05) is 25.2 Å². The third-order valence-corrected chi connectivity index (χ3v) is 2.70. The van der Waals surface area contributed by atoms with E-state index in [9.17, 15) is 4.79 Å². The predicted molar refractivity (Wildman–Crippen MR) is 58.7 cm³/mol. The Kier molecular flexibility index (Phi) is 3.87. The summed E-state index contributed by atoms with van der Waals surface area (Å²) in [5.41, 5.74) is 0. The van der Waals surface area contributed by atoms with Gasteiger partial charge in [0.15, 0.2) is 0 Å². The number of amides is 1. The maximum absolute atomic E-state index is 11.6. The van der Waals surface area contributed by atoms with Crippen LogP contribution in [0.1, 0.15) is 19.3 Å². The number of nitrogens with one attached hydrogen (secondary N) is 2. The average Bonchev–Trinajstić information content (AvgIpc) is 2.81. The van der Waals surface area contributed by atoms with E-state index in [1.165, 1.54) is 0 Å². The van der Waals surface area contributed by atoms with E-state index >= 15 is 0 Å². The summed E-state index contributed by atoms with van der Waals surface area (Å²) in [7, 11) is 0. The Labute approximate surface area is 94.4 Å². The molecular weight excluding hydrogens is 206 g/mol. The van der Waals surface area contributed by atoms with Gasteiger partial charge >= 0.3 is 0 Å². The third kappa shape index (κ3) is 3.30. The summed E-state index contributed by atoms with van der Waals surface area (Å²) in [5.74, 6) is 0.0872. The van der Waals surface area contributed by atoms with Gasteiger partial charge in [0.2, 0.25) is 5.91 Å². The fourth-order valence-corrected chi connectivity index (χ4v) is 1.84. The first-order valence-corrected chi connectivity index (χ1v) is 5.69. The third-order valence-electron chi connectivity index (χ3n) is 2.70. The highest BCUT2D eigenvalue weighted by Crippen LogP contribution is 2.01. The Morgan fingerprint density at radius 1 is 1.62 bits per heavy atom. The molecule has 0 spiro atoms. The number of hydrogen-bond acceptors (Lipinski definition) is 4. The molecule has 1 fully saturated rings. The number of aryl methyl sites for hydroxylation is 1. The van der Waals surface area contributed by atoms with Crippen molar-refractivity contribution in [3.8, 4) is 0 Å². The van der Waals surface area contributed by atoms with Crippen LogP contribution >= 0.6 is 0 Å². The molecule has 0 saturated carbocycles. The molecular formula is C10H17N5O. The van der Waals surface area contributed by atoms with Crippen molar-refractivity contribution in [2.45, 2.75) is 31.8 Å². The second kappa shape index (κ2) is 5.60. The van der Waals surface area contributed by atoms with E-state index in [2.05, 4.69) is 20.9 Å². The van der Waals surface area contributed by atoms with Gasteiger partial charge in [-0.25, -0.2) is 0 Å². The van der Waals surface area contributed by atoms with Crippen molar-refractivity contribution in [1.29, 1.82) is 0 Å². The zero-order valence-corrected chi connectivity index (χ0v) is 9.22. The molecule has 1 aliphatic heterocycles. The van der Waals surface area contributed by atoms with Crippen LogP contribution in [0.4, 0.5) is 0 Å². The lowest BCUT2D eigenvalue weighted by atomic mass is 10.1. The molecule has 2 heterocycles. The van der Waals surface area contributed by atoms with Gasteiger partial charge in [-0.1, -0.05) is 5.21 Å². The van der Waals surface area contributed by atoms with Crippen LogP contribution in [0.2, 0.25) is 0 Å². The quantitative estimate of drug-likeness (QED) is 0.724. The molecule has 2 N–H and O–H groups in total. The van der Waals surface area contributed by atoms with Gasteiger partial charge in [-0.2, -0.15) is 0 Å². The van der Waals surface area contributed by atoms with Crippen LogP contribution in [0.15, 0.2) is 12.4 Å². The van der Waals surface area contributed by atoms with Gasteiger partial charge in [0.1, 0.15) is 0 Å². The Balaban J connectivity index is 1.67. The molecule has 0 aliphatic carbocycles. The number of carbonyl (C=O) groups is 1. The van der Waals surface area contributed by atoms with Crippen LogP contribution in [0.3, 0.4) is 0 Å². The first-order valence-electron chi connectivity index (χ1n) is 5.69. The molecule has 16 heavy (non-hydrogen) atoms. The van der Waals surface area contributed by atoms with E-state index in [0.717, 1.165) is 25.9 Å². The van der Waals surface area contributed by atoms with E-state index in [1.54, 1.807) is 17.1 Å². The Morgan fingerprint density at radius 3 is 3.25 bits per heavy atom. The topological polar surface area (TPSA) is 71.8 Å². The summed E-state index contributed by atoms with van der Waals surface area (Å²) >= 11 is 0. The maximum Gasteiger partial charge on any atom is 0.222 e. The largest absolute Gasteiger partial charge is 0.352 e. The van der Waals surface area contributed by atoms with Crippen molar-refractivity contribution >= 4 is 5.91 Å². The minimum atomic E-state index is 0.0872. The van der Waals surface area contributed by atoms with Crippen molar-refractivity contribution < 1.29 is 4.79 Å². The fourth-order valence-electron chi connectivity index (χ4n) is 1.84. The zero-order valence-electron chi connectivity index (χ0n) is 9.22. The number of nitrogens with zero attached hydrogens (tertiary/aromatic N) is 3. The van der Waals surface area contributed by atoms with Crippen molar-refractivity contribution in [2.24, 2.45) is 0 Å². The predicted octanol–water partition coefficient (Wildman–Crippen LogP) is -0.464. The maximum atomic E-state index is 11.6. The minimum absolute atomic E-state index is 0.0872. The highest BCUT2D eigenvalue weighted by Gasteiger charge is 2.14. The molecule has 0 unspecified atom stereocenters. The van der Waals surface area contributed by atoms with E-state index in [4.69, 9.17) is 0 Å². The minimum Gasteiger partial charge on any atom is -0.352 e. The summed E-state index contributed by atoms with van der Waals surface area (Å²) in [6.07, 6.45) is 6.04. The van der Waals surface area contributed by atoms with Crippen LogP contribution in [-0.2, 0) is 11.3 Å². The molecule has 6 heteroatoms. The molecule has 88 valence electrons. The molecule has 2 rings (SSSR count). The number of carbonyl (C=O) groups excluding carboxylic acids is 1. The molecule has 1 aromatic heterocycles. The van der Waals surface area contributed by atoms with Gasteiger partial charge in [-0.15, -0.1) is 5.10 Å². The Hall–Kier alpha value is -1.43. The van der Waals surface area contributed by atoms with Crippen molar-refractivity contribution in [1.82, 2.24) is 25.6 Å². The molecule has 1 amide bonds. The molecule has 0 aromatic carbocycles. The van der Waals surface area contributed by atoms with E-state index in [0.29, 0.717) is 13.0 Å². The van der Waals surface area contributed by atoms with Crippen LogP contribution in [0, 0.1) is 0 Å². The van der Waals surface area contributed by atoms with Crippen molar-refractivity contribution in [3.63, 3.8) is 0 Å². The fraction of sp³-hybridized carbons (Fsp3) is 0.700. The highest BCUT2D eigenvalue weighted by atomic mass is 16.1. The number of piperidine rings is 1. The number of aromatic nitrogens is 3. The average molecular weight is 223 g/mol. The van der Waals surface area contributed by atoms with Crippen molar-refractivity contribution in [3.05, 3.63) is 12.4 Å². The molecule has 1 atom stereocenters. The standard InChI is InChI=1S/C10H17N5O/c16-10(3-6-15-7-5-12-14-15)13-9-2-1-4-11-8-9/h5,7,9,11H,1-4,6,8H2,(H,13,16)/t9-/m1/s1. The SMILES string of the molecule is O=C(CCn1ccnn1)N[C@@H]1CCCNC1. The second-order valence-corrected chi connectivity index (χ2v) is 4.03.